The minimum Gasteiger partial charge on any atom is -0.484 e. The largest absolute Gasteiger partial charge is 0.484 e. The number of amides is 1. The molecule has 1 N–H and O–H groups in total. The van der Waals surface area contributed by atoms with Crippen molar-refractivity contribution in [3.8, 4) is 5.75 Å². The molecule has 1 fully saturated rings. The lowest BCUT2D eigenvalue weighted by molar-refractivity contribution is -0.126. The maximum Gasteiger partial charge on any atom is 0.258 e. The zero-order chi connectivity index (χ0) is 15.4. The summed E-state index contributed by atoms with van der Waals surface area (Å²) in [6, 6.07) is 15.7. The highest BCUT2D eigenvalue weighted by Gasteiger charge is 2.39. The standard InChI is InChI=1S/C18H18FNO2/c19-15-7-9-16(10-8-15)22-13-17(21)20-18(11-4-12-18)14-5-2-1-3-6-14/h1-3,5-10H,4,11-13H2,(H,20,21). The molecule has 0 unspecified atom stereocenters. The summed E-state index contributed by atoms with van der Waals surface area (Å²) in [5, 5.41) is 3.09. The molecule has 3 rings (SSSR count). The highest BCUT2D eigenvalue weighted by atomic mass is 19.1. The van der Waals surface area contributed by atoms with E-state index in [1.165, 1.54) is 24.3 Å². The van der Waals surface area contributed by atoms with E-state index in [-0.39, 0.29) is 23.9 Å². The van der Waals surface area contributed by atoms with Crippen LogP contribution in [0.15, 0.2) is 54.6 Å². The van der Waals surface area contributed by atoms with Crippen molar-refractivity contribution in [2.24, 2.45) is 0 Å². The SMILES string of the molecule is O=C(COc1ccc(F)cc1)NC1(c2ccccc2)CCC1. The lowest BCUT2D eigenvalue weighted by Gasteiger charge is -2.43. The van der Waals surface area contributed by atoms with Crippen LogP contribution < -0.4 is 10.1 Å². The first-order valence-electron chi connectivity index (χ1n) is 7.43. The van der Waals surface area contributed by atoms with Crippen molar-refractivity contribution in [1.29, 1.82) is 0 Å². The zero-order valence-electron chi connectivity index (χ0n) is 12.2. The number of carbonyl (C=O) groups excluding carboxylic acids is 1. The van der Waals surface area contributed by atoms with E-state index in [1.807, 2.05) is 30.3 Å². The fraction of sp³-hybridized carbons (Fsp3) is 0.278. The van der Waals surface area contributed by atoms with Crippen molar-refractivity contribution in [2.75, 3.05) is 6.61 Å². The van der Waals surface area contributed by atoms with E-state index < -0.39 is 0 Å². The second-order valence-electron chi connectivity index (χ2n) is 5.59. The van der Waals surface area contributed by atoms with Gasteiger partial charge in [0.1, 0.15) is 11.6 Å². The molecule has 2 aromatic carbocycles. The Hall–Kier alpha value is -2.36. The van der Waals surface area contributed by atoms with Crippen LogP contribution >= 0.6 is 0 Å². The molecule has 0 bridgehead atoms. The summed E-state index contributed by atoms with van der Waals surface area (Å²) in [4.78, 5) is 12.2. The molecule has 114 valence electrons. The van der Waals surface area contributed by atoms with Crippen molar-refractivity contribution in [3.63, 3.8) is 0 Å². The number of nitrogens with one attached hydrogen (secondary N) is 1. The van der Waals surface area contributed by atoms with Crippen LogP contribution in [0.3, 0.4) is 0 Å². The van der Waals surface area contributed by atoms with Gasteiger partial charge in [0.15, 0.2) is 6.61 Å². The summed E-state index contributed by atoms with van der Waals surface area (Å²) < 4.78 is 18.2. The average Bonchev–Trinajstić information content (AvgIpc) is 2.51. The Morgan fingerprint density at radius 2 is 1.77 bits per heavy atom. The minimum atomic E-state index is -0.325. The fourth-order valence-corrected chi connectivity index (χ4v) is 2.76. The summed E-state index contributed by atoms with van der Waals surface area (Å²) in [6.07, 6.45) is 2.99. The molecular formula is C18H18FNO2. The zero-order valence-corrected chi connectivity index (χ0v) is 12.2. The van der Waals surface area contributed by atoms with Gasteiger partial charge >= 0.3 is 0 Å². The number of benzene rings is 2. The molecule has 0 radical (unpaired) electrons. The maximum atomic E-state index is 12.8. The van der Waals surface area contributed by atoms with E-state index in [1.54, 1.807) is 0 Å². The molecule has 2 aromatic rings. The van der Waals surface area contributed by atoms with Crippen LogP contribution in [0, 0.1) is 5.82 Å². The highest BCUT2D eigenvalue weighted by molar-refractivity contribution is 5.78. The Morgan fingerprint density at radius 1 is 1.09 bits per heavy atom. The third-order valence-corrected chi connectivity index (χ3v) is 4.10. The first-order valence-corrected chi connectivity index (χ1v) is 7.43. The van der Waals surface area contributed by atoms with E-state index >= 15 is 0 Å². The Morgan fingerprint density at radius 3 is 2.36 bits per heavy atom. The summed E-state index contributed by atoms with van der Waals surface area (Å²) >= 11 is 0. The van der Waals surface area contributed by atoms with E-state index in [0.29, 0.717) is 5.75 Å². The number of hydrogen-bond acceptors (Lipinski definition) is 2. The Bertz CT molecular complexity index is 636. The molecule has 0 aliphatic heterocycles. The van der Waals surface area contributed by atoms with Crippen molar-refractivity contribution >= 4 is 5.91 Å². The highest BCUT2D eigenvalue weighted by Crippen LogP contribution is 2.41. The van der Waals surface area contributed by atoms with Crippen molar-refractivity contribution in [3.05, 3.63) is 66.0 Å². The Labute approximate surface area is 129 Å². The van der Waals surface area contributed by atoms with Gasteiger partial charge in [0.25, 0.3) is 5.91 Å². The smallest absolute Gasteiger partial charge is 0.258 e. The fourth-order valence-electron chi connectivity index (χ4n) is 2.76. The number of rotatable bonds is 5. The van der Waals surface area contributed by atoms with Gasteiger partial charge in [0, 0.05) is 0 Å². The van der Waals surface area contributed by atoms with Crippen molar-refractivity contribution in [1.82, 2.24) is 5.32 Å². The summed E-state index contributed by atoms with van der Waals surface area (Å²) in [5.41, 5.74) is 0.876. The van der Waals surface area contributed by atoms with Gasteiger partial charge in [-0.3, -0.25) is 4.79 Å². The molecule has 1 aliphatic carbocycles. The third-order valence-electron chi connectivity index (χ3n) is 4.10. The Kier molecular flexibility index (Phi) is 4.09. The third kappa shape index (κ3) is 3.11. The number of halogens is 1. The van der Waals surface area contributed by atoms with Crippen molar-refractivity contribution in [2.45, 2.75) is 24.8 Å². The monoisotopic (exact) mass is 299 g/mol. The van der Waals surface area contributed by atoms with Crippen LogP contribution in [0.4, 0.5) is 4.39 Å². The first-order chi connectivity index (χ1) is 10.7. The average molecular weight is 299 g/mol. The molecular weight excluding hydrogens is 281 g/mol. The molecule has 1 aliphatic rings. The molecule has 1 amide bonds. The van der Waals surface area contributed by atoms with Gasteiger partial charge in [-0.25, -0.2) is 4.39 Å². The normalized spacial score (nSPS) is 15.7. The summed E-state index contributed by atoms with van der Waals surface area (Å²) in [7, 11) is 0. The van der Waals surface area contributed by atoms with E-state index in [2.05, 4.69) is 5.32 Å². The van der Waals surface area contributed by atoms with Crippen LogP contribution in [0.1, 0.15) is 24.8 Å². The van der Waals surface area contributed by atoms with Gasteiger partial charge in [-0.2, -0.15) is 0 Å². The van der Waals surface area contributed by atoms with E-state index in [0.717, 1.165) is 24.8 Å². The van der Waals surface area contributed by atoms with E-state index in [9.17, 15) is 9.18 Å². The molecule has 0 heterocycles. The predicted octanol–water partition coefficient (Wildman–Crippen LogP) is 3.40. The molecule has 3 nitrogen and oxygen atoms in total. The van der Waals surface area contributed by atoms with E-state index in [4.69, 9.17) is 4.74 Å². The molecule has 0 spiro atoms. The van der Waals surface area contributed by atoms with Crippen LogP contribution in [-0.2, 0) is 10.3 Å². The second-order valence-corrected chi connectivity index (χ2v) is 5.59. The summed E-state index contributed by atoms with van der Waals surface area (Å²) in [5.74, 6) is 0.00102. The van der Waals surface area contributed by atoms with Crippen LogP contribution in [0.5, 0.6) is 5.75 Å². The minimum absolute atomic E-state index is 0.0692. The molecule has 0 saturated heterocycles. The Balaban J connectivity index is 1.60. The molecule has 22 heavy (non-hydrogen) atoms. The van der Waals surface area contributed by atoms with Crippen LogP contribution in [-0.4, -0.2) is 12.5 Å². The lowest BCUT2D eigenvalue weighted by atomic mass is 9.72. The lowest BCUT2D eigenvalue weighted by Crippen LogP contribution is -2.52. The van der Waals surface area contributed by atoms with Gasteiger partial charge in [0.05, 0.1) is 5.54 Å². The molecule has 4 heteroatoms. The van der Waals surface area contributed by atoms with Gasteiger partial charge in [0.2, 0.25) is 0 Å². The predicted molar refractivity (Wildman–Crippen MR) is 82.0 cm³/mol. The number of hydrogen-bond donors (Lipinski definition) is 1. The molecule has 0 atom stereocenters. The number of carbonyl (C=O) groups is 1. The van der Waals surface area contributed by atoms with Gasteiger partial charge < -0.3 is 10.1 Å². The van der Waals surface area contributed by atoms with Gasteiger partial charge in [-0.1, -0.05) is 30.3 Å². The van der Waals surface area contributed by atoms with Crippen LogP contribution in [0.25, 0.3) is 0 Å². The molecule has 1 saturated carbocycles. The number of ether oxygens (including phenoxy) is 1. The van der Waals surface area contributed by atoms with Crippen molar-refractivity contribution < 1.29 is 13.9 Å². The quantitative estimate of drug-likeness (QED) is 0.919. The molecule has 0 aromatic heterocycles. The van der Waals surface area contributed by atoms with Gasteiger partial charge in [-0.15, -0.1) is 0 Å². The van der Waals surface area contributed by atoms with Crippen LogP contribution in [0.2, 0.25) is 0 Å². The van der Waals surface area contributed by atoms with Gasteiger partial charge in [-0.05, 0) is 49.1 Å². The topological polar surface area (TPSA) is 38.3 Å². The maximum absolute atomic E-state index is 12.8. The second kappa shape index (κ2) is 6.18. The summed E-state index contributed by atoms with van der Waals surface area (Å²) in [6.45, 7) is -0.0692. The first kappa shape index (κ1) is 14.6.